The number of amides is 2. The van der Waals surface area contributed by atoms with Gasteiger partial charge in [0, 0.05) is 29.1 Å². The lowest BCUT2D eigenvalue weighted by Crippen LogP contribution is -2.35. The molecule has 3 heterocycles. The molecule has 1 aliphatic heterocycles. The van der Waals surface area contributed by atoms with Gasteiger partial charge >= 0.3 is 0 Å². The van der Waals surface area contributed by atoms with Gasteiger partial charge in [-0.05, 0) is 25.0 Å². The van der Waals surface area contributed by atoms with Crippen molar-refractivity contribution in [1.29, 1.82) is 0 Å². The molecule has 0 spiro atoms. The second-order valence-electron chi connectivity index (χ2n) is 6.78. The molecule has 6 nitrogen and oxygen atoms in total. The lowest BCUT2D eigenvalue weighted by atomic mass is 10.1. The van der Waals surface area contributed by atoms with E-state index in [2.05, 4.69) is 10.3 Å². The van der Waals surface area contributed by atoms with E-state index in [1.54, 1.807) is 11.0 Å². The molecule has 2 amide bonds. The number of hydrogen-bond acceptors (Lipinski definition) is 5. The van der Waals surface area contributed by atoms with E-state index in [0.717, 1.165) is 34.4 Å². The Bertz CT molecular complexity index is 985. The van der Waals surface area contributed by atoms with Crippen LogP contribution < -0.4 is 5.32 Å². The van der Waals surface area contributed by atoms with E-state index >= 15 is 0 Å². The van der Waals surface area contributed by atoms with Crippen molar-refractivity contribution >= 4 is 39.3 Å². The van der Waals surface area contributed by atoms with E-state index < -0.39 is 0 Å². The number of nitrogens with zero attached hydrogens (tertiary/aromatic N) is 2. The molecular weight excluding hydrogens is 350 g/mol. The maximum Gasteiger partial charge on any atom is 0.289 e. The van der Waals surface area contributed by atoms with Crippen LogP contribution in [0.1, 0.15) is 34.0 Å². The molecule has 132 valence electrons. The van der Waals surface area contributed by atoms with Crippen molar-refractivity contribution in [2.45, 2.75) is 25.8 Å². The molecule has 26 heavy (non-hydrogen) atoms. The zero-order valence-corrected chi connectivity index (χ0v) is 14.8. The molecule has 0 saturated heterocycles. The van der Waals surface area contributed by atoms with Crippen LogP contribution in [0.4, 0.5) is 5.13 Å². The molecule has 2 aromatic heterocycles. The Hall–Kier alpha value is -2.67. The van der Waals surface area contributed by atoms with Crippen LogP contribution in [0.3, 0.4) is 0 Å². The van der Waals surface area contributed by atoms with Gasteiger partial charge in [0.15, 0.2) is 10.9 Å². The SMILES string of the molecule is O=C(Nc1nc2c(s1)CN(C(=O)c1cc3ccccc3o1)CC2)C1CC1. The number of carbonyl (C=O) groups is 2. The van der Waals surface area contributed by atoms with Crippen LogP contribution in [-0.4, -0.2) is 28.2 Å². The summed E-state index contributed by atoms with van der Waals surface area (Å²) in [6.45, 7) is 1.10. The van der Waals surface area contributed by atoms with Crippen molar-refractivity contribution in [3.8, 4) is 0 Å². The fraction of sp³-hybridized carbons (Fsp3) is 0.316. The molecule has 1 saturated carbocycles. The highest BCUT2D eigenvalue weighted by Gasteiger charge is 2.31. The highest BCUT2D eigenvalue weighted by molar-refractivity contribution is 7.15. The van der Waals surface area contributed by atoms with Crippen molar-refractivity contribution in [1.82, 2.24) is 9.88 Å². The summed E-state index contributed by atoms with van der Waals surface area (Å²) in [7, 11) is 0. The minimum atomic E-state index is -0.108. The molecule has 0 radical (unpaired) electrons. The fourth-order valence-electron chi connectivity index (χ4n) is 3.22. The molecule has 3 aromatic rings. The van der Waals surface area contributed by atoms with Gasteiger partial charge in [0.05, 0.1) is 12.2 Å². The number of para-hydroxylation sites is 1. The van der Waals surface area contributed by atoms with Crippen LogP contribution in [0.5, 0.6) is 0 Å². The average molecular weight is 367 g/mol. The third-order valence-electron chi connectivity index (χ3n) is 4.83. The number of aromatic nitrogens is 1. The van der Waals surface area contributed by atoms with Crippen LogP contribution in [-0.2, 0) is 17.8 Å². The summed E-state index contributed by atoms with van der Waals surface area (Å²) in [4.78, 5) is 32.1. The average Bonchev–Trinajstić information content (AvgIpc) is 3.29. The van der Waals surface area contributed by atoms with Gasteiger partial charge in [-0.25, -0.2) is 4.98 Å². The Labute approximate surface area is 153 Å². The van der Waals surface area contributed by atoms with Crippen molar-refractivity contribution in [2.75, 3.05) is 11.9 Å². The first-order chi connectivity index (χ1) is 12.7. The van der Waals surface area contributed by atoms with Crippen LogP contribution in [0, 0.1) is 5.92 Å². The Morgan fingerprint density at radius 1 is 1.27 bits per heavy atom. The van der Waals surface area contributed by atoms with E-state index in [4.69, 9.17) is 4.42 Å². The molecule has 1 aromatic carbocycles. The smallest absolute Gasteiger partial charge is 0.289 e. The molecule has 0 unspecified atom stereocenters. The molecule has 5 rings (SSSR count). The molecule has 2 aliphatic rings. The van der Waals surface area contributed by atoms with Crippen molar-refractivity contribution in [3.05, 3.63) is 46.7 Å². The minimum absolute atomic E-state index is 0.0614. The van der Waals surface area contributed by atoms with Crippen LogP contribution in [0.15, 0.2) is 34.7 Å². The van der Waals surface area contributed by atoms with E-state index in [-0.39, 0.29) is 17.7 Å². The first kappa shape index (κ1) is 15.6. The highest BCUT2D eigenvalue weighted by Crippen LogP contribution is 2.33. The van der Waals surface area contributed by atoms with Crippen molar-refractivity contribution in [2.24, 2.45) is 5.92 Å². The predicted molar refractivity (Wildman–Crippen MR) is 98.1 cm³/mol. The van der Waals surface area contributed by atoms with Gasteiger partial charge in [-0.2, -0.15) is 0 Å². The summed E-state index contributed by atoms with van der Waals surface area (Å²) in [6.07, 6.45) is 2.63. The maximum atomic E-state index is 12.8. The number of carbonyl (C=O) groups excluding carboxylic acids is 2. The van der Waals surface area contributed by atoms with Gasteiger partial charge in [0.1, 0.15) is 5.58 Å². The minimum Gasteiger partial charge on any atom is -0.451 e. The molecule has 7 heteroatoms. The van der Waals surface area contributed by atoms with Crippen LogP contribution in [0.2, 0.25) is 0 Å². The number of nitrogens with one attached hydrogen (secondary N) is 1. The van der Waals surface area contributed by atoms with Crippen LogP contribution >= 0.6 is 11.3 Å². The summed E-state index contributed by atoms with van der Waals surface area (Å²) >= 11 is 1.46. The van der Waals surface area contributed by atoms with Gasteiger partial charge in [0.2, 0.25) is 5.91 Å². The van der Waals surface area contributed by atoms with E-state index in [9.17, 15) is 9.59 Å². The number of benzene rings is 1. The quantitative estimate of drug-likeness (QED) is 0.769. The van der Waals surface area contributed by atoms with Gasteiger partial charge in [-0.3, -0.25) is 9.59 Å². The maximum absolute atomic E-state index is 12.8. The fourth-order valence-corrected chi connectivity index (χ4v) is 4.25. The summed E-state index contributed by atoms with van der Waals surface area (Å²) in [5.74, 6) is 0.471. The largest absolute Gasteiger partial charge is 0.451 e. The Morgan fingerprint density at radius 2 is 2.12 bits per heavy atom. The number of fused-ring (bicyclic) bond motifs is 2. The molecular formula is C19H17N3O3S. The summed E-state index contributed by atoms with van der Waals surface area (Å²) in [5.41, 5.74) is 1.70. The molecule has 1 fully saturated rings. The summed E-state index contributed by atoms with van der Waals surface area (Å²) < 4.78 is 5.70. The number of thiazole rings is 1. The van der Waals surface area contributed by atoms with Gasteiger partial charge in [0.25, 0.3) is 5.91 Å². The van der Waals surface area contributed by atoms with Gasteiger partial charge in [-0.15, -0.1) is 0 Å². The third-order valence-corrected chi connectivity index (χ3v) is 5.83. The second-order valence-corrected chi connectivity index (χ2v) is 7.86. The first-order valence-electron chi connectivity index (χ1n) is 8.74. The van der Waals surface area contributed by atoms with E-state index in [0.29, 0.717) is 30.4 Å². The van der Waals surface area contributed by atoms with E-state index in [1.165, 1.54) is 11.3 Å². The van der Waals surface area contributed by atoms with E-state index in [1.807, 2.05) is 24.3 Å². The number of anilines is 1. The summed E-state index contributed by atoms with van der Waals surface area (Å²) in [5, 5.41) is 4.47. The topological polar surface area (TPSA) is 75.4 Å². The van der Waals surface area contributed by atoms with Gasteiger partial charge in [-0.1, -0.05) is 29.5 Å². The summed E-state index contributed by atoms with van der Waals surface area (Å²) in [6, 6.07) is 9.40. The molecule has 1 N–H and O–H groups in total. The number of furan rings is 1. The Kier molecular flexibility index (Phi) is 3.56. The molecule has 1 aliphatic carbocycles. The van der Waals surface area contributed by atoms with Crippen molar-refractivity contribution < 1.29 is 14.0 Å². The Morgan fingerprint density at radius 3 is 2.92 bits per heavy atom. The monoisotopic (exact) mass is 367 g/mol. The standard InChI is InChI=1S/C19H17N3O3S/c23-17(11-5-6-11)21-19-20-13-7-8-22(10-16(13)26-19)18(24)15-9-12-3-1-2-4-14(12)25-15/h1-4,9,11H,5-8,10H2,(H,20,21,23). The third kappa shape index (κ3) is 2.78. The lowest BCUT2D eigenvalue weighted by molar-refractivity contribution is -0.117. The normalized spacial score (nSPS) is 16.5. The van der Waals surface area contributed by atoms with Crippen molar-refractivity contribution in [3.63, 3.8) is 0 Å². The lowest BCUT2D eigenvalue weighted by Gasteiger charge is -2.25. The molecule has 0 bridgehead atoms. The van der Waals surface area contributed by atoms with Gasteiger partial charge < -0.3 is 14.6 Å². The molecule has 0 atom stereocenters. The Balaban J connectivity index is 1.33. The predicted octanol–water partition coefficient (Wildman–Crippen LogP) is 3.44. The highest BCUT2D eigenvalue weighted by atomic mass is 32.1. The first-order valence-corrected chi connectivity index (χ1v) is 9.56. The van der Waals surface area contributed by atoms with Crippen LogP contribution in [0.25, 0.3) is 11.0 Å². The number of rotatable bonds is 3. The zero-order valence-electron chi connectivity index (χ0n) is 14.0. The second kappa shape index (κ2) is 5.95. The number of hydrogen-bond donors (Lipinski definition) is 1. The zero-order chi connectivity index (χ0) is 17.7.